The van der Waals surface area contributed by atoms with Crippen LogP contribution in [0.5, 0.6) is 0 Å². The Hall–Kier alpha value is -1.95. The van der Waals surface area contributed by atoms with Gasteiger partial charge in [-0.05, 0) is 25.3 Å². The molecule has 0 radical (unpaired) electrons. The number of carbonyl (C=O) groups is 1. The Bertz CT molecular complexity index is 526. The van der Waals surface area contributed by atoms with E-state index in [-0.39, 0.29) is 18.6 Å². The molecule has 0 fully saturated rings. The van der Waals surface area contributed by atoms with Crippen LogP contribution in [0.3, 0.4) is 0 Å². The van der Waals surface area contributed by atoms with Crippen molar-refractivity contribution in [2.45, 2.75) is 38.0 Å². The Morgan fingerprint density at radius 3 is 2.57 bits per heavy atom. The van der Waals surface area contributed by atoms with Crippen LogP contribution in [0.1, 0.15) is 18.9 Å². The van der Waals surface area contributed by atoms with E-state index in [9.17, 15) is 15.0 Å². The van der Waals surface area contributed by atoms with Crippen LogP contribution in [0.15, 0.2) is 54.6 Å². The summed E-state index contributed by atoms with van der Waals surface area (Å²) in [5, 5.41) is 21.6. The smallest absolute Gasteiger partial charge is 0.251 e. The number of nitrogens with one attached hydrogen (secondary N) is 1. The number of carbonyl (C=O) groups excluding carboxylic acids is 1. The molecule has 1 amide bonds. The van der Waals surface area contributed by atoms with Gasteiger partial charge < -0.3 is 21.3 Å². The van der Waals surface area contributed by atoms with E-state index in [4.69, 9.17) is 5.73 Å². The van der Waals surface area contributed by atoms with Crippen molar-refractivity contribution in [3.63, 3.8) is 0 Å². The summed E-state index contributed by atoms with van der Waals surface area (Å²) in [4.78, 5) is 12.3. The Balaban J connectivity index is 2.69. The molecule has 0 saturated heterocycles. The number of nitrogens with two attached hydrogens (primary N) is 1. The van der Waals surface area contributed by atoms with Gasteiger partial charge in [0.1, 0.15) is 0 Å². The van der Waals surface area contributed by atoms with E-state index in [2.05, 4.69) is 11.9 Å². The molecule has 0 aromatic heterocycles. The van der Waals surface area contributed by atoms with Crippen LogP contribution in [-0.2, 0) is 11.2 Å². The number of aliphatic hydroxyl groups excluding tert-OH is 2. The second kappa shape index (κ2) is 9.94. The Morgan fingerprint density at radius 2 is 2.04 bits per heavy atom. The predicted octanol–water partition coefficient (Wildman–Crippen LogP) is 0.917. The van der Waals surface area contributed by atoms with E-state index in [1.54, 1.807) is 13.0 Å². The maximum Gasteiger partial charge on any atom is 0.251 e. The van der Waals surface area contributed by atoms with E-state index < -0.39 is 12.1 Å². The molecule has 0 saturated carbocycles. The molecule has 0 spiro atoms. The summed E-state index contributed by atoms with van der Waals surface area (Å²) in [6.45, 7) is 5.10. The lowest BCUT2D eigenvalue weighted by atomic mass is 10.0. The third-order valence-corrected chi connectivity index (χ3v) is 3.37. The molecule has 5 N–H and O–H groups in total. The summed E-state index contributed by atoms with van der Waals surface area (Å²) < 4.78 is 0. The number of amides is 1. The first-order valence-electron chi connectivity index (χ1n) is 7.69. The molecule has 0 heterocycles. The molecule has 1 aromatic carbocycles. The van der Waals surface area contributed by atoms with E-state index in [0.717, 1.165) is 5.56 Å². The second-order valence-corrected chi connectivity index (χ2v) is 5.62. The van der Waals surface area contributed by atoms with Gasteiger partial charge in [0.05, 0.1) is 18.8 Å². The predicted molar refractivity (Wildman–Crippen MR) is 91.7 cm³/mol. The molecule has 23 heavy (non-hydrogen) atoms. The zero-order chi connectivity index (χ0) is 17.2. The van der Waals surface area contributed by atoms with Gasteiger partial charge in [-0.3, -0.25) is 4.79 Å². The lowest BCUT2D eigenvalue weighted by Crippen LogP contribution is -2.40. The van der Waals surface area contributed by atoms with Crippen LogP contribution >= 0.6 is 0 Å². The van der Waals surface area contributed by atoms with Crippen LogP contribution in [-0.4, -0.2) is 40.9 Å². The first-order valence-corrected chi connectivity index (χ1v) is 7.69. The third kappa shape index (κ3) is 7.23. The topological polar surface area (TPSA) is 95.6 Å². The quantitative estimate of drug-likeness (QED) is 0.402. The number of benzene rings is 1. The largest absolute Gasteiger partial charge is 0.394 e. The fourth-order valence-corrected chi connectivity index (χ4v) is 2.26. The van der Waals surface area contributed by atoms with Gasteiger partial charge in [-0.2, -0.15) is 0 Å². The van der Waals surface area contributed by atoms with Crippen LogP contribution < -0.4 is 11.1 Å². The van der Waals surface area contributed by atoms with Crippen LogP contribution in [0, 0.1) is 0 Å². The number of aliphatic hydroxyl groups is 2. The highest BCUT2D eigenvalue weighted by molar-refractivity contribution is 5.96. The van der Waals surface area contributed by atoms with Crippen molar-refractivity contribution in [3.05, 3.63) is 60.2 Å². The summed E-state index contributed by atoms with van der Waals surface area (Å²) in [6.07, 6.45) is 3.35. The van der Waals surface area contributed by atoms with Gasteiger partial charge in [-0.15, -0.1) is 0 Å². The van der Waals surface area contributed by atoms with Crippen molar-refractivity contribution in [2.24, 2.45) is 5.73 Å². The number of hydrogen-bond donors (Lipinski definition) is 4. The van der Waals surface area contributed by atoms with E-state index >= 15 is 0 Å². The summed E-state index contributed by atoms with van der Waals surface area (Å²) in [6, 6.07) is 8.80. The molecule has 1 aromatic rings. The van der Waals surface area contributed by atoms with E-state index in [0.29, 0.717) is 18.4 Å². The molecular formula is C18H26N2O3. The van der Waals surface area contributed by atoms with Crippen LogP contribution in [0.4, 0.5) is 0 Å². The fourth-order valence-electron chi connectivity index (χ4n) is 2.26. The molecular weight excluding hydrogens is 292 g/mol. The minimum Gasteiger partial charge on any atom is -0.394 e. The summed E-state index contributed by atoms with van der Waals surface area (Å²) in [5.41, 5.74) is 7.23. The number of hydrogen-bond acceptors (Lipinski definition) is 4. The molecule has 2 unspecified atom stereocenters. The average Bonchev–Trinajstić information content (AvgIpc) is 2.52. The lowest BCUT2D eigenvalue weighted by molar-refractivity contribution is -0.118. The maximum absolute atomic E-state index is 12.3. The molecule has 0 bridgehead atoms. The molecule has 126 valence electrons. The summed E-state index contributed by atoms with van der Waals surface area (Å²) in [7, 11) is 0. The van der Waals surface area contributed by atoms with E-state index in [1.807, 2.05) is 30.3 Å². The van der Waals surface area contributed by atoms with Gasteiger partial charge in [0, 0.05) is 11.6 Å². The standard InChI is InChI=1S/C18H26N2O3/c1-3-15(11-16(19)9-13(2)22)18(23)20-17(12-21)10-14-7-5-4-6-8-14/h3-8,11,13,16-17,21-22H,1,9-10,12,19H2,2H3,(H,20,23)/b15-11+/t13?,16?,17-/m0/s1. The van der Waals surface area contributed by atoms with E-state index in [1.165, 1.54) is 6.08 Å². The molecule has 1 rings (SSSR count). The molecule has 5 nitrogen and oxygen atoms in total. The van der Waals surface area contributed by atoms with Gasteiger partial charge in [0.2, 0.25) is 0 Å². The highest BCUT2D eigenvalue weighted by atomic mass is 16.3. The van der Waals surface area contributed by atoms with Gasteiger partial charge in [-0.1, -0.05) is 49.1 Å². The Morgan fingerprint density at radius 1 is 1.39 bits per heavy atom. The summed E-state index contributed by atoms with van der Waals surface area (Å²) in [5.74, 6) is -0.337. The highest BCUT2D eigenvalue weighted by Gasteiger charge is 2.15. The second-order valence-electron chi connectivity index (χ2n) is 5.62. The number of rotatable bonds is 9. The normalized spacial score (nSPS) is 15.6. The molecule has 0 aliphatic heterocycles. The lowest BCUT2D eigenvalue weighted by Gasteiger charge is -2.17. The van der Waals surface area contributed by atoms with Crippen molar-refractivity contribution in [1.29, 1.82) is 0 Å². The van der Waals surface area contributed by atoms with Gasteiger partial charge >= 0.3 is 0 Å². The van der Waals surface area contributed by atoms with Crippen molar-refractivity contribution in [2.75, 3.05) is 6.61 Å². The third-order valence-electron chi connectivity index (χ3n) is 3.37. The monoisotopic (exact) mass is 318 g/mol. The average molecular weight is 318 g/mol. The van der Waals surface area contributed by atoms with Crippen LogP contribution in [0.2, 0.25) is 0 Å². The SMILES string of the molecule is C=C/C(=C\C(N)CC(C)O)C(=O)N[C@H](CO)Cc1ccccc1. The van der Waals surface area contributed by atoms with Crippen molar-refractivity contribution >= 4 is 5.91 Å². The minimum absolute atomic E-state index is 0.162. The van der Waals surface area contributed by atoms with Gasteiger partial charge in [-0.25, -0.2) is 0 Å². The minimum atomic E-state index is -0.543. The first-order chi connectivity index (χ1) is 11.0. The van der Waals surface area contributed by atoms with Gasteiger partial charge in [0.25, 0.3) is 5.91 Å². The Labute approximate surface area is 137 Å². The first kappa shape index (κ1) is 19.1. The van der Waals surface area contributed by atoms with Crippen LogP contribution in [0.25, 0.3) is 0 Å². The van der Waals surface area contributed by atoms with Crippen molar-refractivity contribution in [3.8, 4) is 0 Å². The molecule has 0 aliphatic rings. The molecule has 0 aliphatic carbocycles. The fraction of sp³-hybridized carbons (Fsp3) is 0.389. The highest BCUT2D eigenvalue weighted by Crippen LogP contribution is 2.06. The zero-order valence-corrected chi connectivity index (χ0v) is 13.5. The maximum atomic E-state index is 12.3. The zero-order valence-electron chi connectivity index (χ0n) is 13.5. The summed E-state index contributed by atoms with van der Waals surface area (Å²) >= 11 is 0. The van der Waals surface area contributed by atoms with Crippen molar-refractivity contribution < 1.29 is 15.0 Å². The van der Waals surface area contributed by atoms with Gasteiger partial charge in [0.15, 0.2) is 0 Å². The molecule has 5 heteroatoms. The Kier molecular flexibility index (Phi) is 8.26. The molecule has 3 atom stereocenters. The van der Waals surface area contributed by atoms with Crippen molar-refractivity contribution in [1.82, 2.24) is 5.32 Å².